The predicted octanol–water partition coefficient (Wildman–Crippen LogP) is 1.65. The zero-order valence-electron chi connectivity index (χ0n) is 8.18. The number of fused-ring (bicyclic) bond motifs is 1. The van der Waals surface area contributed by atoms with Crippen LogP contribution in [-0.4, -0.2) is 36.7 Å². The van der Waals surface area contributed by atoms with Crippen LogP contribution < -0.4 is 0 Å². The molecule has 0 aromatic carbocycles. The summed E-state index contributed by atoms with van der Waals surface area (Å²) >= 11 is 0. The van der Waals surface area contributed by atoms with Crippen molar-refractivity contribution in [2.75, 3.05) is 20.3 Å². The molecule has 0 saturated carbocycles. The summed E-state index contributed by atoms with van der Waals surface area (Å²) in [7, 11) is 1.81. The van der Waals surface area contributed by atoms with Crippen molar-refractivity contribution in [2.45, 2.75) is 44.2 Å². The van der Waals surface area contributed by atoms with Crippen LogP contribution >= 0.6 is 0 Å². The molecule has 0 spiro atoms. The van der Waals surface area contributed by atoms with Gasteiger partial charge in [0.15, 0.2) is 0 Å². The molecule has 2 unspecified atom stereocenters. The molecular weight excluding hydrogens is 150 g/mol. The summed E-state index contributed by atoms with van der Waals surface area (Å²) in [5, 5.41) is 0. The minimum absolute atomic E-state index is 0.531. The zero-order valence-corrected chi connectivity index (χ0v) is 8.18. The van der Waals surface area contributed by atoms with Gasteiger partial charge in [-0.1, -0.05) is 0 Å². The van der Waals surface area contributed by atoms with Crippen LogP contribution in [0.5, 0.6) is 0 Å². The Morgan fingerprint density at radius 3 is 3.08 bits per heavy atom. The van der Waals surface area contributed by atoms with E-state index in [-0.39, 0.29) is 0 Å². The summed E-state index contributed by atoms with van der Waals surface area (Å²) in [4.78, 5) is 2.66. The van der Waals surface area contributed by atoms with Crippen molar-refractivity contribution in [2.24, 2.45) is 0 Å². The second-order valence-electron chi connectivity index (χ2n) is 4.44. The van der Waals surface area contributed by atoms with E-state index < -0.39 is 0 Å². The number of hydrogen-bond acceptors (Lipinski definition) is 2. The van der Waals surface area contributed by atoms with Crippen molar-refractivity contribution >= 4 is 0 Å². The van der Waals surface area contributed by atoms with Gasteiger partial charge in [0.2, 0.25) is 0 Å². The molecule has 70 valence electrons. The standard InChI is InChI=1S/C10H19NO/c1-10-5-3-7-11(10)9(4-6-10)8-12-2/h9H,3-8H2,1-2H3. The first-order valence-corrected chi connectivity index (χ1v) is 5.02. The van der Waals surface area contributed by atoms with Gasteiger partial charge in [-0.3, -0.25) is 4.90 Å². The van der Waals surface area contributed by atoms with E-state index in [9.17, 15) is 0 Å². The Morgan fingerprint density at radius 2 is 2.33 bits per heavy atom. The van der Waals surface area contributed by atoms with Gasteiger partial charge in [0.05, 0.1) is 6.61 Å². The molecule has 0 aliphatic carbocycles. The summed E-state index contributed by atoms with van der Waals surface area (Å²) in [6, 6.07) is 0.711. The fourth-order valence-electron chi connectivity index (χ4n) is 2.93. The van der Waals surface area contributed by atoms with Crippen molar-refractivity contribution in [3.8, 4) is 0 Å². The fourth-order valence-corrected chi connectivity index (χ4v) is 2.93. The number of ether oxygens (including phenoxy) is 1. The Bertz CT molecular complexity index is 171. The Kier molecular flexibility index (Phi) is 2.13. The third-order valence-electron chi connectivity index (χ3n) is 3.62. The quantitative estimate of drug-likeness (QED) is 0.623. The third-order valence-corrected chi connectivity index (χ3v) is 3.62. The highest BCUT2D eigenvalue weighted by Gasteiger charge is 2.45. The summed E-state index contributed by atoms with van der Waals surface area (Å²) < 4.78 is 5.24. The number of methoxy groups -OCH3 is 1. The molecular formula is C10H19NO. The van der Waals surface area contributed by atoms with Crippen molar-refractivity contribution in [3.05, 3.63) is 0 Å². The van der Waals surface area contributed by atoms with E-state index in [0.717, 1.165) is 6.61 Å². The highest BCUT2D eigenvalue weighted by atomic mass is 16.5. The Labute approximate surface area is 74.9 Å². The summed E-state index contributed by atoms with van der Waals surface area (Å²) in [6.45, 7) is 4.63. The maximum atomic E-state index is 5.24. The van der Waals surface area contributed by atoms with Crippen LogP contribution in [-0.2, 0) is 4.74 Å². The first kappa shape index (κ1) is 8.52. The highest BCUT2D eigenvalue weighted by Crippen LogP contribution is 2.41. The number of hydrogen-bond donors (Lipinski definition) is 0. The van der Waals surface area contributed by atoms with Crippen LogP contribution in [0.1, 0.15) is 32.6 Å². The minimum Gasteiger partial charge on any atom is -0.383 e. The lowest BCUT2D eigenvalue weighted by molar-refractivity contribution is 0.0884. The molecule has 2 aliphatic rings. The predicted molar refractivity (Wildman–Crippen MR) is 49.2 cm³/mol. The van der Waals surface area contributed by atoms with E-state index in [1.807, 2.05) is 7.11 Å². The van der Waals surface area contributed by atoms with Gasteiger partial charge >= 0.3 is 0 Å². The van der Waals surface area contributed by atoms with Crippen molar-refractivity contribution in [1.82, 2.24) is 4.90 Å². The Balaban J connectivity index is 2.03. The molecule has 2 aliphatic heterocycles. The molecule has 0 N–H and O–H groups in total. The van der Waals surface area contributed by atoms with E-state index in [1.165, 1.54) is 32.2 Å². The van der Waals surface area contributed by atoms with Crippen LogP contribution in [0.3, 0.4) is 0 Å². The van der Waals surface area contributed by atoms with Crippen LogP contribution in [0.4, 0.5) is 0 Å². The van der Waals surface area contributed by atoms with Crippen molar-refractivity contribution < 1.29 is 4.74 Å². The van der Waals surface area contributed by atoms with E-state index in [1.54, 1.807) is 0 Å². The molecule has 2 nitrogen and oxygen atoms in total. The van der Waals surface area contributed by atoms with Gasteiger partial charge in [-0.05, 0) is 39.2 Å². The maximum Gasteiger partial charge on any atom is 0.0618 e. The lowest BCUT2D eigenvalue weighted by atomic mass is 9.97. The first-order chi connectivity index (χ1) is 5.76. The highest BCUT2D eigenvalue weighted by molar-refractivity contribution is 5.01. The SMILES string of the molecule is COCC1CCC2(C)CCCN12. The maximum absolute atomic E-state index is 5.24. The van der Waals surface area contributed by atoms with E-state index in [4.69, 9.17) is 4.74 Å². The van der Waals surface area contributed by atoms with E-state index in [2.05, 4.69) is 11.8 Å². The molecule has 2 heteroatoms. The van der Waals surface area contributed by atoms with Crippen molar-refractivity contribution in [1.29, 1.82) is 0 Å². The van der Waals surface area contributed by atoms with Crippen LogP contribution in [0, 0.1) is 0 Å². The summed E-state index contributed by atoms with van der Waals surface area (Å²) in [6.07, 6.45) is 5.50. The average molecular weight is 169 g/mol. The second kappa shape index (κ2) is 3.00. The molecule has 0 aromatic rings. The molecule has 2 fully saturated rings. The largest absolute Gasteiger partial charge is 0.383 e. The van der Waals surface area contributed by atoms with Gasteiger partial charge in [-0.2, -0.15) is 0 Å². The molecule has 0 aromatic heterocycles. The average Bonchev–Trinajstić information content (AvgIpc) is 2.51. The normalized spacial score (nSPS) is 42.0. The molecule has 2 atom stereocenters. The number of rotatable bonds is 2. The van der Waals surface area contributed by atoms with Gasteiger partial charge in [0.1, 0.15) is 0 Å². The van der Waals surface area contributed by atoms with E-state index in [0.29, 0.717) is 11.6 Å². The fraction of sp³-hybridized carbons (Fsp3) is 1.00. The minimum atomic E-state index is 0.531. The topological polar surface area (TPSA) is 12.5 Å². The van der Waals surface area contributed by atoms with Gasteiger partial charge in [0, 0.05) is 18.7 Å². The van der Waals surface area contributed by atoms with E-state index >= 15 is 0 Å². The molecule has 0 bridgehead atoms. The van der Waals surface area contributed by atoms with Gasteiger partial charge in [-0.15, -0.1) is 0 Å². The molecule has 12 heavy (non-hydrogen) atoms. The van der Waals surface area contributed by atoms with Crippen LogP contribution in [0.25, 0.3) is 0 Å². The third kappa shape index (κ3) is 1.17. The summed E-state index contributed by atoms with van der Waals surface area (Å²) in [5.74, 6) is 0. The molecule has 0 amide bonds. The molecule has 0 radical (unpaired) electrons. The van der Waals surface area contributed by atoms with Gasteiger partial charge in [0.25, 0.3) is 0 Å². The molecule has 2 rings (SSSR count). The zero-order chi connectivity index (χ0) is 8.60. The lowest BCUT2D eigenvalue weighted by Gasteiger charge is -2.31. The van der Waals surface area contributed by atoms with Crippen LogP contribution in [0.15, 0.2) is 0 Å². The Morgan fingerprint density at radius 1 is 1.50 bits per heavy atom. The number of nitrogens with zero attached hydrogens (tertiary/aromatic N) is 1. The summed E-state index contributed by atoms with van der Waals surface area (Å²) in [5.41, 5.74) is 0.531. The monoisotopic (exact) mass is 169 g/mol. The second-order valence-corrected chi connectivity index (χ2v) is 4.44. The molecule has 2 saturated heterocycles. The lowest BCUT2D eigenvalue weighted by Crippen LogP contribution is -2.41. The first-order valence-electron chi connectivity index (χ1n) is 5.02. The van der Waals surface area contributed by atoms with Crippen LogP contribution in [0.2, 0.25) is 0 Å². The van der Waals surface area contributed by atoms with Gasteiger partial charge in [-0.25, -0.2) is 0 Å². The van der Waals surface area contributed by atoms with Gasteiger partial charge < -0.3 is 4.74 Å². The Hall–Kier alpha value is -0.0800. The molecule has 2 heterocycles. The van der Waals surface area contributed by atoms with Crippen molar-refractivity contribution in [3.63, 3.8) is 0 Å². The smallest absolute Gasteiger partial charge is 0.0618 e.